The highest BCUT2D eigenvalue weighted by atomic mass is 16.5. The predicted octanol–water partition coefficient (Wildman–Crippen LogP) is 0.0245. The number of fused-ring (bicyclic) bond motifs is 2. The highest BCUT2D eigenvalue weighted by Crippen LogP contribution is 2.31. The molecule has 2 bridgehead atoms. The molecular formula is C19H20N6O4. The summed E-state index contributed by atoms with van der Waals surface area (Å²) in [5.41, 5.74) is 2.87. The number of ether oxygens (including phenoxy) is 1. The number of rotatable bonds is 0. The van der Waals surface area contributed by atoms with Crippen molar-refractivity contribution in [1.29, 1.82) is 0 Å². The summed E-state index contributed by atoms with van der Waals surface area (Å²) in [6.07, 6.45) is 3.06. The van der Waals surface area contributed by atoms with Crippen LogP contribution in [0.4, 0.5) is 5.69 Å². The molecule has 0 fully saturated rings. The summed E-state index contributed by atoms with van der Waals surface area (Å²) in [5, 5.41) is 8.23. The zero-order valence-electron chi connectivity index (χ0n) is 15.8. The number of aryl methyl sites for hydroxylation is 1. The molecule has 2 aliphatic rings. The second-order valence-corrected chi connectivity index (χ2v) is 6.74. The van der Waals surface area contributed by atoms with Crippen LogP contribution in [0.15, 0.2) is 12.3 Å². The van der Waals surface area contributed by atoms with Crippen molar-refractivity contribution in [2.24, 2.45) is 0 Å². The molecule has 0 spiro atoms. The smallest absolute Gasteiger partial charge is 0.258 e. The average molecular weight is 396 g/mol. The van der Waals surface area contributed by atoms with Crippen LogP contribution in [-0.2, 0) is 20.7 Å². The van der Waals surface area contributed by atoms with E-state index < -0.39 is 0 Å². The first-order chi connectivity index (χ1) is 14.0. The quantitative estimate of drug-likeness (QED) is 0.495. The van der Waals surface area contributed by atoms with E-state index in [1.807, 2.05) is 6.92 Å². The molecular weight excluding hydrogens is 376 g/mol. The van der Waals surface area contributed by atoms with E-state index in [2.05, 4.69) is 30.9 Å². The molecule has 0 atom stereocenters. The molecule has 4 rings (SSSR count). The van der Waals surface area contributed by atoms with Gasteiger partial charge >= 0.3 is 0 Å². The van der Waals surface area contributed by atoms with E-state index in [9.17, 15) is 14.4 Å². The van der Waals surface area contributed by atoms with Crippen molar-refractivity contribution < 1.29 is 19.1 Å². The average Bonchev–Trinajstić information content (AvgIpc) is 3.20. The van der Waals surface area contributed by atoms with Crippen LogP contribution >= 0.6 is 0 Å². The number of nitrogens with zero attached hydrogens (tertiary/aromatic N) is 2. The summed E-state index contributed by atoms with van der Waals surface area (Å²) in [6.45, 7) is 3.13. The molecule has 10 heteroatoms. The van der Waals surface area contributed by atoms with Gasteiger partial charge in [-0.3, -0.25) is 14.4 Å². The maximum Gasteiger partial charge on any atom is 0.258 e. The molecule has 4 heterocycles. The number of carbonyl (C=O) groups excluding carboxylic acids is 3. The zero-order chi connectivity index (χ0) is 20.4. The van der Waals surface area contributed by atoms with E-state index in [0.717, 1.165) is 5.69 Å². The Morgan fingerprint density at radius 3 is 2.69 bits per heavy atom. The monoisotopic (exact) mass is 396 g/mol. The lowest BCUT2D eigenvalue weighted by molar-refractivity contribution is -0.120. The van der Waals surface area contributed by atoms with Gasteiger partial charge in [-0.1, -0.05) is 0 Å². The molecule has 0 aromatic carbocycles. The summed E-state index contributed by atoms with van der Waals surface area (Å²) in [6, 6.07) is 1.72. The highest BCUT2D eigenvalue weighted by molar-refractivity contribution is 6.34. The number of hydrogen-bond donors (Lipinski definition) is 4. The highest BCUT2D eigenvalue weighted by Gasteiger charge is 2.28. The molecule has 2 aromatic heterocycles. The van der Waals surface area contributed by atoms with E-state index in [-0.39, 0.29) is 24.1 Å². The Morgan fingerprint density at radius 2 is 1.86 bits per heavy atom. The van der Waals surface area contributed by atoms with Crippen LogP contribution in [-0.4, -0.2) is 59.0 Å². The second-order valence-electron chi connectivity index (χ2n) is 6.74. The molecule has 0 aliphatic carbocycles. The van der Waals surface area contributed by atoms with Crippen LogP contribution in [0.1, 0.15) is 33.3 Å². The molecule has 2 aliphatic heterocycles. The minimum absolute atomic E-state index is 0.0122. The van der Waals surface area contributed by atoms with Crippen molar-refractivity contribution in [1.82, 2.24) is 25.6 Å². The Balaban J connectivity index is 1.76. The minimum atomic E-state index is -0.346. The lowest BCUT2D eigenvalue weighted by Crippen LogP contribution is -2.31. The normalized spacial score (nSPS) is 19.3. The lowest BCUT2D eigenvalue weighted by atomic mass is 10.1. The topological polar surface area (TPSA) is 138 Å². The maximum atomic E-state index is 12.6. The molecule has 0 saturated carbocycles. The van der Waals surface area contributed by atoms with Gasteiger partial charge in [-0.05, 0) is 19.1 Å². The second kappa shape index (κ2) is 7.84. The van der Waals surface area contributed by atoms with E-state index in [4.69, 9.17) is 4.74 Å². The third kappa shape index (κ3) is 4.02. The molecule has 3 amide bonds. The largest absolute Gasteiger partial charge is 0.378 e. The van der Waals surface area contributed by atoms with Gasteiger partial charge in [0.1, 0.15) is 11.5 Å². The summed E-state index contributed by atoms with van der Waals surface area (Å²) in [5.74, 6) is -0.559. The molecule has 0 radical (unpaired) electrons. The van der Waals surface area contributed by atoms with Crippen LogP contribution in [0.25, 0.3) is 11.6 Å². The molecule has 2 aromatic rings. The third-order valence-electron chi connectivity index (χ3n) is 4.52. The molecule has 150 valence electrons. The van der Waals surface area contributed by atoms with Crippen LogP contribution in [0, 0.1) is 6.92 Å². The molecule has 4 N–H and O–H groups in total. The fourth-order valence-electron chi connectivity index (χ4n) is 3.19. The summed E-state index contributed by atoms with van der Waals surface area (Å²) in [4.78, 5) is 48.8. The van der Waals surface area contributed by atoms with E-state index in [1.165, 1.54) is 6.20 Å². The first kappa shape index (κ1) is 18.8. The van der Waals surface area contributed by atoms with Crippen molar-refractivity contribution in [3.63, 3.8) is 0 Å². The van der Waals surface area contributed by atoms with Crippen molar-refractivity contribution in [2.75, 3.05) is 31.6 Å². The number of nitrogens with one attached hydrogen (secondary N) is 4. The van der Waals surface area contributed by atoms with Crippen LogP contribution in [0.3, 0.4) is 0 Å². The number of aromatic amines is 1. The number of H-pyrrole nitrogens is 1. The van der Waals surface area contributed by atoms with Gasteiger partial charge in [0.25, 0.3) is 11.8 Å². The first-order valence-corrected chi connectivity index (χ1v) is 9.23. The van der Waals surface area contributed by atoms with Gasteiger partial charge in [0.2, 0.25) is 5.91 Å². The standard InChI is InChI=1S/C19H20N6O4/c1-10-6-11-13(23-10)7-12-17-14(24-19(12)28)9-22-15(25-17)8-16(26)20-2-4-29-5-3-21-18(11)27/h6-7,9,23H,2-5,8H2,1H3,(H,20,26)(H,21,27)(H,24,28)/b12-7-. The first-order valence-electron chi connectivity index (χ1n) is 9.23. The molecule has 0 saturated heterocycles. The fourth-order valence-corrected chi connectivity index (χ4v) is 3.19. The Kier molecular flexibility index (Phi) is 5.09. The van der Waals surface area contributed by atoms with E-state index in [0.29, 0.717) is 60.3 Å². The van der Waals surface area contributed by atoms with Crippen molar-refractivity contribution in [3.8, 4) is 0 Å². The van der Waals surface area contributed by atoms with Gasteiger partial charge < -0.3 is 25.7 Å². The number of hydrogen-bond acceptors (Lipinski definition) is 6. The fraction of sp³-hybridized carbons (Fsp3) is 0.316. The Hall–Kier alpha value is -3.53. The molecule has 0 unspecified atom stereocenters. The molecule has 10 nitrogen and oxygen atoms in total. The van der Waals surface area contributed by atoms with Gasteiger partial charge in [-0.15, -0.1) is 0 Å². The Labute approximate surface area is 166 Å². The van der Waals surface area contributed by atoms with Crippen LogP contribution in [0.2, 0.25) is 0 Å². The van der Waals surface area contributed by atoms with Crippen LogP contribution in [0.5, 0.6) is 0 Å². The Morgan fingerprint density at radius 1 is 1.07 bits per heavy atom. The SMILES string of the molecule is Cc1cc2c([nH]1)/C=C1\C(=O)Nc3cnc(nc31)CC(=O)NCCOCCNC2=O. The van der Waals surface area contributed by atoms with Gasteiger partial charge in [-0.25, -0.2) is 9.97 Å². The van der Waals surface area contributed by atoms with Crippen molar-refractivity contribution >= 4 is 35.1 Å². The summed E-state index contributed by atoms with van der Waals surface area (Å²) >= 11 is 0. The predicted molar refractivity (Wildman–Crippen MR) is 104 cm³/mol. The number of aromatic nitrogens is 3. The van der Waals surface area contributed by atoms with Gasteiger partial charge in [0.15, 0.2) is 0 Å². The van der Waals surface area contributed by atoms with Gasteiger partial charge in [0, 0.05) is 18.8 Å². The molecule has 29 heavy (non-hydrogen) atoms. The Bertz CT molecular complexity index is 1030. The minimum Gasteiger partial charge on any atom is -0.378 e. The zero-order valence-corrected chi connectivity index (χ0v) is 15.8. The van der Waals surface area contributed by atoms with Crippen molar-refractivity contribution in [2.45, 2.75) is 13.3 Å². The third-order valence-corrected chi connectivity index (χ3v) is 4.52. The van der Waals surface area contributed by atoms with Gasteiger partial charge in [-0.2, -0.15) is 0 Å². The lowest BCUT2D eigenvalue weighted by Gasteiger charge is -2.07. The maximum absolute atomic E-state index is 12.6. The summed E-state index contributed by atoms with van der Waals surface area (Å²) < 4.78 is 5.42. The van der Waals surface area contributed by atoms with E-state index in [1.54, 1.807) is 12.1 Å². The number of anilines is 1. The van der Waals surface area contributed by atoms with Crippen molar-refractivity contribution in [3.05, 3.63) is 40.7 Å². The van der Waals surface area contributed by atoms with E-state index >= 15 is 0 Å². The van der Waals surface area contributed by atoms with Gasteiger partial charge in [0.05, 0.1) is 48.3 Å². The summed E-state index contributed by atoms with van der Waals surface area (Å²) in [7, 11) is 0. The number of amides is 3. The number of carbonyl (C=O) groups is 3. The van der Waals surface area contributed by atoms with Crippen LogP contribution < -0.4 is 16.0 Å².